The zero-order chi connectivity index (χ0) is 19.9. The molecule has 1 aromatic carbocycles. The van der Waals surface area contributed by atoms with E-state index in [0.717, 1.165) is 17.0 Å². The molecule has 0 atom stereocenters. The van der Waals surface area contributed by atoms with Crippen LogP contribution in [0.4, 0.5) is 18.9 Å². The van der Waals surface area contributed by atoms with Crippen LogP contribution >= 0.6 is 0 Å². The number of hydrogen-bond donors (Lipinski definition) is 1. The van der Waals surface area contributed by atoms with Gasteiger partial charge in [-0.25, -0.2) is 4.98 Å². The van der Waals surface area contributed by atoms with Crippen molar-refractivity contribution in [3.8, 4) is 17.1 Å². The number of alkyl halides is 3. The summed E-state index contributed by atoms with van der Waals surface area (Å²) in [5, 5.41) is 10.5. The largest absolute Gasteiger partial charge is 0.433 e. The predicted molar refractivity (Wildman–Crippen MR) is 95.2 cm³/mol. The van der Waals surface area contributed by atoms with Crippen molar-refractivity contribution in [3.63, 3.8) is 0 Å². The van der Waals surface area contributed by atoms with Crippen LogP contribution in [0.15, 0.2) is 58.1 Å². The Hall–Kier alpha value is -3.69. The quantitative estimate of drug-likeness (QED) is 0.579. The van der Waals surface area contributed by atoms with Gasteiger partial charge in [-0.3, -0.25) is 9.36 Å². The van der Waals surface area contributed by atoms with Crippen LogP contribution < -0.4 is 10.9 Å². The summed E-state index contributed by atoms with van der Waals surface area (Å²) in [7, 11) is 1.54. The number of fused-ring (bicyclic) bond motifs is 1. The fraction of sp³-hybridized carbons (Fsp3) is 0.111. The van der Waals surface area contributed by atoms with E-state index in [2.05, 4.69) is 20.5 Å². The molecule has 4 rings (SSSR count). The summed E-state index contributed by atoms with van der Waals surface area (Å²) in [5.41, 5.74) is -1.24. The second kappa shape index (κ2) is 6.48. The van der Waals surface area contributed by atoms with E-state index < -0.39 is 17.4 Å². The summed E-state index contributed by atoms with van der Waals surface area (Å²) in [4.78, 5) is 17.0. The summed E-state index contributed by atoms with van der Waals surface area (Å²) in [6, 6.07) is 10.4. The zero-order valence-electron chi connectivity index (χ0n) is 14.4. The van der Waals surface area contributed by atoms with Gasteiger partial charge in [0.25, 0.3) is 11.4 Å². The molecule has 0 aliphatic carbocycles. The molecule has 0 aliphatic heterocycles. The number of nitrogens with one attached hydrogen (secondary N) is 1. The summed E-state index contributed by atoms with van der Waals surface area (Å²) >= 11 is 0. The van der Waals surface area contributed by atoms with Crippen molar-refractivity contribution < 1.29 is 17.6 Å². The van der Waals surface area contributed by atoms with Crippen LogP contribution in [0.25, 0.3) is 28.2 Å². The number of hydrogen-bond acceptors (Lipinski definition) is 6. The molecule has 0 aliphatic rings. The Balaban J connectivity index is 2.20. The number of anilines is 1. The third-order valence-electron chi connectivity index (χ3n) is 4.15. The van der Waals surface area contributed by atoms with Gasteiger partial charge in [0.05, 0.1) is 11.4 Å². The Morgan fingerprint density at radius 2 is 1.86 bits per heavy atom. The minimum Gasteiger partial charge on any atom is -0.423 e. The first-order chi connectivity index (χ1) is 13.4. The highest BCUT2D eigenvalue weighted by molar-refractivity contribution is 5.97. The normalized spacial score (nSPS) is 11.7. The first-order valence-corrected chi connectivity index (χ1v) is 8.08. The molecule has 4 aromatic rings. The van der Waals surface area contributed by atoms with Gasteiger partial charge < -0.3 is 9.73 Å². The lowest BCUT2D eigenvalue weighted by molar-refractivity contribution is -0.141. The van der Waals surface area contributed by atoms with Crippen LogP contribution in [-0.4, -0.2) is 26.8 Å². The fourth-order valence-electron chi connectivity index (χ4n) is 2.98. The molecule has 0 saturated heterocycles. The van der Waals surface area contributed by atoms with Gasteiger partial charge >= 0.3 is 6.18 Å². The maximum atomic E-state index is 13.3. The monoisotopic (exact) mass is 387 g/mol. The van der Waals surface area contributed by atoms with E-state index in [9.17, 15) is 18.0 Å². The molecule has 0 fully saturated rings. The van der Waals surface area contributed by atoms with Gasteiger partial charge in [0.2, 0.25) is 6.39 Å². The average Bonchev–Trinajstić information content (AvgIpc) is 3.20. The number of rotatable bonds is 3. The lowest BCUT2D eigenvalue weighted by Gasteiger charge is -2.17. The van der Waals surface area contributed by atoms with Crippen molar-refractivity contribution in [2.75, 3.05) is 12.4 Å². The van der Waals surface area contributed by atoms with Crippen molar-refractivity contribution in [3.05, 3.63) is 64.9 Å². The van der Waals surface area contributed by atoms with E-state index >= 15 is 0 Å². The Morgan fingerprint density at radius 1 is 1.11 bits per heavy atom. The SMILES string of the molecule is CNc1c(-c2nnco2)c(=O)n(-c2ccccc2)c2nc(C(F)(F)F)ccc12. The molecule has 0 bridgehead atoms. The first kappa shape index (κ1) is 17.7. The molecular weight excluding hydrogens is 375 g/mol. The van der Waals surface area contributed by atoms with E-state index in [0.29, 0.717) is 11.1 Å². The van der Waals surface area contributed by atoms with Crippen LogP contribution in [0.2, 0.25) is 0 Å². The van der Waals surface area contributed by atoms with Crippen LogP contribution in [-0.2, 0) is 6.18 Å². The number of halogens is 3. The number of para-hydroxylation sites is 1. The Labute approximate surface area is 155 Å². The van der Waals surface area contributed by atoms with Gasteiger partial charge in [-0.05, 0) is 24.3 Å². The van der Waals surface area contributed by atoms with Crippen molar-refractivity contribution in [2.24, 2.45) is 0 Å². The average molecular weight is 387 g/mol. The van der Waals surface area contributed by atoms with E-state index in [1.165, 1.54) is 6.07 Å². The minimum atomic E-state index is -4.66. The molecule has 3 heterocycles. The van der Waals surface area contributed by atoms with E-state index in [4.69, 9.17) is 4.42 Å². The van der Waals surface area contributed by atoms with Gasteiger partial charge in [-0.1, -0.05) is 18.2 Å². The molecule has 0 spiro atoms. The zero-order valence-corrected chi connectivity index (χ0v) is 14.4. The van der Waals surface area contributed by atoms with Crippen LogP contribution in [0.3, 0.4) is 0 Å². The van der Waals surface area contributed by atoms with Crippen LogP contribution in [0.1, 0.15) is 5.69 Å². The molecule has 142 valence electrons. The molecule has 0 unspecified atom stereocenters. The molecule has 7 nitrogen and oxygen atoms in total. The van der Waals surface area contributed by atoms with Crippen molar-refractivity contribution in [1.29, 1.82) is 0 Å². The first-order valence-electron chi connectivity index (χ1n) is 8.08. The molecule has 3 aromatic heterocycles. The van der Waals surface area contributed by atoms with Gasteiger partial charge in [0.15, 0.2) is 0 Å². The van der Waals surface area contributed by atoms with Crippen LogP contribution in [0.5, 0.6) is 0 Å². The van der Waals surface area contributed by atoms with Crippen molar-refractivity contribution >= 4 is 16.7 Å². The smallest absolute Gasteiger partial charge is 0.423 e. The molecule has 1 N–H and O–H groups in total. The topological polar surface area (TPSA) is 85.8 Å². The Bertz CT molecular complexity index is 1200. The number of benzene rings is 1. The molecule has 0 amide bonds. The Kier molecular flexibility index (Phi) is 4.10. The highest BCUT2D eigenvalue weighted by Gasteiger charge is 2.33. The summed E-state index contributed by atoms with van der Waals surface area (Å²) < 4.78 is 46.0. The Morgan fingerprint density at radius 3 is 2.46 bits per heavy atom. The second-order valence-corrected chi connectivity index (χ2v) is 5.79. The number of pyridine rings is 2. The maximum absolute atomic E-state index is 13.3. The summed E-state index contributed by atoms with van der Waals surface area (Å²) in [5.74, 6) is -0.0548. The minimum absolute atomic E-state index is 0.0397. The van der Waals surface area contributed by atoms with E-state index in [1.807, 2.05) is 0 Å². The van der Waals surface area contributed by atoms with Crippen LogP contribution in [0, 0.1) is 0 Å². The summed E-state index contributed by atoms with van der Waals surface area (Å²) in [6.07, 6.45) is -3.59. The van der Waals surface area contributed by atoms with Gasteiger partial charge in [-0.15, -0.1) is 10.2 Å². The lowest BCUT2D eigenvalue weighted by atomic mass is 10.1. The fourth-order valence-corrected chi connectivity index (χ4v) is 2.98. The highest BCUT2D eigenvalue weighted by atomic mass is 19.4. The number of aromatic nitrogens is 4. The standard InChI is InChI=1S/C18H12F3N5O2/c1-22-14-11-7-8-12(18(19,20)21)24-15(11)26(10-5-3-2-4-6-10)17(27)13(14)16-25-23-9-28-16/h2-9,22H,1H3. The number of nitrogens with zero attached hydrogens (tertiary/aromatic N) is 4. The molecular formula is C18H12F3N5O2. The third-order valence-corrected chi connectivity index (χ3v) is 4.15. The lowest BCUT2D eigenvalue weighted by Crippen LogP contribution is -2.24. The third kappa shape index (κ3) is 2.79. The van der Waals surface area contributed by atoms with Crippen molar-refractivity contribution in [2.45, 2.75) is 6.18 Å². The molecule has 28 heavy (non-hydrogen) atoms. The van der Waals surface area contributed by atoms with Gasteiger partial charge in [0.1, 0.15) is 16.9 Å². The highest BCUT2D eigenvalue weighted by Crippen LogP contribution is 2.34. The molecule has 0 saturated carbocycles. The predicted octanol–water partition coefficient (Wildman–Crippen LogP) is 3.50. The van der Waals surface area contributed by atoms with E-state index in [1.54, 1.807) is 37.4 Å². The van der Waals surface area contributed by atoms with Gasteiger partial charge in [-0.2, -0.15) is 13.2 Å². The molecule has 0 radical (unpaired) electrons. The van der Waals surface area contributed by atoms with E-state index in [-0.39, 0.29) is 22.8 Å². The summed E-state index contributed by atoms with van der Waals surface area (Å²) in [6.45, 7) is 0. The van der Waals surface area contributed by atoms with Gasteiger partial charge in [0, 0.05) is 12.4 Å². The van der Waals surface area contributed by atoms with Crippen molar-refractivity contribution in [1.82, 2.24) is 19.7 Å². The molecule has 10 heteroatoms. The second-order valence-electron chi connectivity index (χ2n) is 5.79. The maximum Gasteiger partial charge on any atom is 0.433 e.